The Kier molecular flexibility index (Phi) is 5.75. The quantitative estimate of drug-likeness (QED) is 0.672. The maximum atomic E-state index is 12.4. The lowest BCUT2D eigenvalue weighted by Crippen LogP contribution is -2.33. The van der Waals surface area contributed by atoms with Crippen LogP contribution >= 0.6 is 23.2 Å². The summed E-state index contributed by atoms with van der Waals surface area (Å²) in [6.45, 7) is 1.62. The van der Waals surface area contributed by atoms with Crippen LogP contribution < -0.4 is 10.1 Å². The number of aryl methyl sites for hydroxylation is 1. The summed E-state index contributed by atoms with van der Waals surface area (Å²) in [5, 5.41) is 10.6. The number of H-pyrrole nitrogens is 1. The van der Waals surface area contributed by atoms with Gasteiger partial charge >= 0.3 is 0 Å². The third kappa shape index (κ3) is 4.53. The smallest absolute Gasteiger partial charge is 0.258 e. The molecule has 134 valence electrons. The lowest BCUT2D eigenvalue weighted by molar-refractivity contribution is -0.123. The number of ether oxygens (including phenoxy) is 1. The van der Waals surface area contributed by atoms with Gasteiger partial charge in [0.2, 0.25) is 0 Å². The topological polar surface area (TPSA) is 79.9 Å². The van der Waals surface area contributed by atoms with Gasteiger partial charge in [-0.05, 0) is 24.6 Å². The number of hydrogen-bond acceptors (Lipinski definition) is 4. The van der Waals surface area contributed by atoms with E-state index in [9.17, 15) is 4.79 Å². The van der Waals surface area contributed by atoms with Crippen molar-refractivity contribution in [3.8, 4) is 5.75 Å². The van der Waals surface area contributed by atoms with Crippen molar-refractivity contribution in [2.75, 3.05) is 6.61 Å². The fourth-order valence-electron chi connectivity index (χ4n) is 2.35. The minimum atomic E-state index is -0.481. The lowest BCUT2D eigenvalue weighted by Gasteiger charge is -2.16. The second-order valence-corrected chi connectivity index (χ2v) is 6.37. The van der Waals surface area contributed by atoms with Crippen LogP contribution in [0.4, 0.5) is 0 Å². The van der Waals surface area contributed by atoms with Crippen LogP contribution in [0.15, 0.2) is 48.5 Å². The number of hydrogen-bond donors (Lipinski definition) is 2. The van der Waals surface area contributed by atoms with Crippen molar-refractivity contribution in [2.24, 2.45) is 0 Å². The van der Waals surface area contributed by atoms with E-state index in [2.05, 4.69) is 20.5 Å². The second-order valence-electron chi connectivity index (χ2n) is 5.55. The molecule has 2 aromatic carbocycles. The number of aromatic nitrogens is 3. The molecule has 3 rings (SSSR count). The van der Waals surface area contributed by atoms with Gasteiger partial charge in [-0.25, -0.2) is 4.98 Å². The fraction of sp³-hybridized carbons (Fsp3) is 0.167. The Labute approximate surface area is 160 Å². The number of nitrogens with zero attached hydrogens (tertiary/aromatic N) is 2. The van der Waals surface area contributed by atoms with Gasteiger partial charge in [0, 0.05) is 6.07 Å². The molecule has 0 aliphatic rings. The molecule has 0 saturated heterocycles. The molecule has 3 aromatic rings. The van der Waals surface area contributed by atoms with Gasteiger partial charge in [0.15, 0.2) is 12.4 Å². The van der Waals surface area contributed by atoms with Crippen molar-refractivity contribution in [3.05, 3.63) is 75.8 Å². The number of rotatable bonds is 6. The number of nitrogens with one attached hydrogen (secondary N) is 2. The molecule has 1 atom stereocenters. The Morgan fingerprint density at radius 2 is 1.96 bits per heavy atom. The maximum Gasteiger partial charge on any atom is 0.258 e. The van der Waals surface area contributed by atoms with E-state index in [0.29, 0.717) is 27.4 Å². The minimum Gasteiger partial charge on any atom is -0.484 e. The zero-order valence-electron chi connectivity index (χ0n) is 13.9. The summed E-state index contributed by atoms with van der Waals surface area (Å²) in [5.74, 6) is 1.30. The summed E-state index contributed by atoms with van der Waals surface area (Å²) in [5.41, 5.74) is 0.870. The third-order valence-electron chi connectivity index (χ3n) is 3.57. The van der Waals surface area contributed by atoms with Crippen LogP contribution in [-0.4, -0.2) is 27.7 Å². The van der Waals surface area contributed by atoms with E-state index < -0.39 is 6.04 Å². The molecule has 6 nitrogen and oxygen atoms in total. The highest BCUT2D eigenvalue weighted by Crippen LogP contribution is 2.26. The van der Waals surface area contributed by atoms with Crippen LogP contribution in [0.1, 0.15) is 23.3 Å². The number of aromatic amines is 1. The molecule has 1 heterocycles. The maximum absolute atomic E-state index is 12.4. The van der Waals surface area contributed by atoms with Gasteiger partial charge in [-0.3, -0.25) is 9.89 Å². The Morgan fingerprint density at radius 3 is 2.62 bits per heavy atom. The van der Waals surface area contributed by atoms with Gasteiger partial charge in [0.25, 0.3) is 5.91 Å². The minimum absolute atomic E-state index is 0.176. The lowest BCUT2D eigenvalue weighted by atomic mass is 10.1. The van der Waals surface area contributed by atoms with Crippen LogP contribution in [0.5, 0.6) is 5.75 Å². The van der Waals surface area contributed by atoms with Crippen molar-refractivity contribution in [3.63, 3.8) is 0 Å². The molecule has 1 unspecified atom stereocenters. The number of amides is 1. The first-order valence-corrected chi connectivity index (χ1v) is 8.59. The number of halogens is 2. The zero-order valence-corrected chi connectivity index (χ0v) is 15.4. The first kappa shape index (κ1) is 18.2. The highest BCUT2D eigenvalue weighted by molar-refractivity contribution is 6.42. The van der Waals surface area contributed by atoms with Crippen LogP contribution in [0, 0.1) is 6.92 Å². The van der Waals surface area contributed by atoms with E-state index in [1.165, 1.54) is 0 Å². The van der Waals surface area contributed by atoms with Gasteiger partial charge in [0.1, 0.15) is 17.6 Å². The standard InChI is InChI=1S/C18H16Cl2N4O2/c1-11-21-18(24-23-11)17(12-5-3-2-4-6-12)22-16(25)10-26-13-7-8-14(19)15(20)9-13/h2-9,17H,10H2,1H3,(H,22,25)(H,21,23,24). The second kappa shape index (κ2) is 8.21. The number of benzene rings is 2. The molecular weight excluding hydrogens is 375 g/mol. The zero-order chi connectivity index (χ0) is 18.5. The molecule has 0 spiro atoms. The summed E-state index contributed by atoms with van der Waals surface area (Å²) in [7, 11) is 0. The molecule has 0 aliphatic heterocycles. The normalized spacial score (nSPS) is 11.8. The van der Waals surface area contributed by atoms with Gasteiger partial charge in [0.05, 0.1) is 10.0 Å². The Bertz CT molecular complexity index is 899. The largest absolute Gasteiger partial charge is 0.484 e. The van der Waals surface area contributed by atoms with E-state index in [0.717, 1.165) is 5.56 Å². The van der Waals surface area contributed by atoms with Gasteiger partial charge in [-0.2, -0.15) is 5.10 Å². The van der Waals surface area contributed by atoms with Gasteiger partial charge < -0.3 is 10.1 Å². The summed E-state index contributed by atoms with van der Waals surface area (Å²) in [4.78, 5) is 16.7. The third-order valence-corrected chi connectivity index (χ3v) is 4.31. The molecule has 8 heteroatoms. The molecule has 26 heavy (non-hydrogen) atoms. The van der Waals surface area contributed by atoms with Crippen molar-refractivity contribution in [1.29, 1.82) is 0 Å². The predicted molar refractivity (Wildman–Crippen MR) is 99.5 cm³/mol. The predicted octanol–water partition coefficient (Wildman–Crippen LogP) is 3.70. The Balaban J connectivity index is 1.70. The fourth-order valence-corrected chi connectivity index (χ4v) is 2.64. The molecule has 0 fully saturated rings. The highest BCUT2D eigenvalue weighted by Gasteiger charge is 2.21. The van der Waals surface area contributed by atoms with E-state index >= 15 is 0 Å². The van der Waals surface area contributed by atoms with Crippen molar-refractivity contribution in [1.82, 2.24) is 20.5 Å². The Hall–Kier alpha value is -2.57. The molecule has 1 aromatic heterocycles. The first-order chi connectivity index (χ1) is 12.5. The van der Waals surface area contributed by atoms with E-state index in [1.54, 1.807) is 25.1 Å². The first-order valence-electron chi connectivity index (χ1n) is 7.84. The van der Waals surface area contributed by atoms with Crippen molar-refractivity contribution in [2.45, 2.75) is 13.0 Å². The molecule has 2 N–H and O–H groups in total. The summed E-state index contributed by atoms with van der Waals surface area (Å²) < 4.78 is 5.48. The van der Waals surface area contributed by atoms with Crippen LogP contribution in [-0.2, 0) is 4.79 Å². The van der Waals surface area contributed by atoms with Gasteiger partial charge in [-0.1, -0.05) is 53.5 Å². The summed E-state index contributed by atoms with van der Waals surface area (Å²) in [6.07, 6.45) is 0. The summed E-state index contributed by atoms with van der Waals surface area (Å²) in [6, 6.07) is 13.8. The summed E-state index contributed by atoms with van der Waals surface area (Å²) >= 11 is 11.8. The number of carbonyl (C=O) groups is 1. The van der Waals surface area contributed by atoms with Gasteiger partial charge in [-0.15, -0.1) is 0 Å². The monoisotopic (exact) mass is 390 g/mol. The van der Waals surface area contributed by atoms with E-state index in [4.69, 9.17) is 27.9 Å². The van der Waals surface area contributed by atoms with Crippen LogP contribution in [0.2, 0.25) is 10.0 Å². The average Bonchev–Trinajstić information content (AvgIpc) is 3.07. The molecular formula is C18H16Cl2N4O2. The molecule has 0 bridgehead atoms. The van der Waals surface area contributed by atoms with E-state index in [-0.39, 0.29) is 12.5 Å². The van der Waals surface area contributed by atoms with Crippen molar-refractivity contribution >= 4 is 29.1 Å². The molecule has 0 radical (unpaired) electrons. The SMILES string of the molecule is Cc1nc(C(NC(=O)COc2ccc(Cl)c(Cl)c2)c2ccccc2)n[nH]1. The van der Waals surface area contributed by atoms with Crippen LogP contribution in [0.3, 0.4) is 0 Å². The highest BCUT2D eigenvalue weighted by atomic mass is 35.5. The van der Waals surface area contributed by atoms with E-state index in [1.807, 2.05) is 30.3 Å². The Morgan fingerprint density at radius 1 is 1.19 bits per heavy atom. The molecule has 0 saturated carbocycles. The average molecular weight is 391 g/mol. The molecule has 1 amide bonds. The van der Waals surface area contributed by atoms with Crippen LogP contribution in [0.25, 0.3) is 0 Å². The molecule has 0 aliphatic carbocycles. The van der Waals surface area contributed by atoms with Crippen molar-refractivity contribution < 1.29 is 9.53 Å². The number of carbonyl (C=O) groups excluding carboxylic acids is 1.